The van der Waals surface area contributed by atoms with Crippen LogP contribution >= 0.6 is 11.3 Å². The predicted molar refractivity (Wildman–Crippen MR) is 274 cm³/mol. The number of rotatable bonds is 5. The van der Waals surface area contributed by atoms with Gasteiger partial charge >= 0.3 is 0 Å². The second-order valence-corrected chi connectivity index (χ2v) is 17.2. The number of benzene rings is 8. The summed E-state index contributed by atoms with van der Waals surface area (Å²) in [6.45, 7) is 4.00. The van der Waals surface area contributed by atoms with Crippen molar-refractivity contribution < 1.29 is 0 Å². The standard InChI is InChI=1S/C57H36N4S.C2H6/c1-3-15-36(16-4-1)55-47-22-7-10-25-49(47)58-57(59-55)61-52-32-30-40(60-50-26-6-2-5-19-42(50)43-20-8-11-27-51(43)60)35-48(52)46-24-14-23-41(56(46)61)39-18-13-17-37(33-39)38-29-31-45-44-21-9-12-28-53(44)62-54(45)34-38;1-2/h1,3-35H,2H2;1-2H3. The topological polar surface area (TPSA) is 35.6 Å². The van der Waals surface area contributed by atoms with Crippen LogP contribution in [0.5, 0.6) is 0 Å². The summed E-state index contributed by atoms with van der Waals surface area (Å²) in [4.78, 5) is 10.8. The Kier molecular flexibility index (Phi) is 9.17. The fourth-order valence-corrected chi connectivity index (χ4v) is 10.9. The summed E-state index contributed by atoms with van der Waals surface area (Å²) in [5.74, 6) is 0.641. The summed E-state index contributed by atoms with van der Waals surface area (Å²) in [5.41, 5.74) is 14.4. The summed E-state index contributed by atoms with van der Waals surface area (Å²) >= 11 is 1.86. The van der Waals surface area contributed by atoms with E-state index in [4.69, 9.17) is 9.97 Å². The van der Waals surface area contributed by atoms with Crippen LogP contribution in [0.4, 0.5) is 0 Å². The van der Waals surface area contributed by atoms with Crippen molar-refractivity contribution in [3.8, 4) is 45.1 Å². The third-order valence-electron chi connectivity index (χ3n) is 12.5. The highest BCUT2D eigenvalue weighted by molar-refractivity contribution is 7.25. The lowest BCUT2D eigenvalue weighted by Gasteiger charge is -2.14. The lowest BCUT2D eigenvalue weighted by molar-refractivity contribution is 1.01. The van der Waals surface area contributed by atoms with Crippen molar-refractivity contribution in [3.63, 3.8) is 0 Å². The molecule has 0 radical (unpaired) electrons. The van der Waals surface area contributed by atoms with Crippen LogP contribution < -0.4 is 0 Å². The van der Waals surface area contributed by atoms with Gasteiger partial charge in [-0.15, -0.1) is 11.3 Å². The van der Waals surface area contributed by atoms with Gasteiger partial charge in [0.25, 0.3) is 0 Å². The lowest BCUT2D eigenvalue weighted by Crippen LogP contribution is -2.04. The van der Waals surface area contributed by atoms with Crippen LogP contribution in [-0.4, -0.2) is 19.1 Å². The minimum absolute atomic E-state index is 0.641. The van der Waals surface area contributed by atoms with E-state index in [9.17, 15) is 0 Å². The lowest BCUT2D eigenvalue weighted by atomic mass is 9.97. The number of hydrogen-bond acceptors (Lipinski definition) is 3. The summed E-state index contributed by atoms with van der Waals surface area (Å²) in [7, 11) is 0. The first-order chi connectivity index (χ1) is 31.7. The van der Waals surface area contributed by atoms with Gasteiger partial charge in [0.15, 0.2) is 0 Å². The van der Waals surface area contributed by atoms with Gasteiger partial charge in [0, 0.05) is 64.1 Å². The van der Waals surface area contributed by atoms with Crippen molar-refractivity contribution >= 4 is 87.3 Å². The molecule has 13 rings (SSSR count). The minimum atomic E-state index is 0.641. The van der Waals surface area contributed by atoms with Gasteiger partial charge < -0.3 is 4.57 Å². The molecule has 4 aromatic heterocycles. The number of nitrogens with zero attached hydrogens (tertiary/aromatic N) is 4. The van der Waals surface area contributed by atoms with Crippen LogP contribution in [-0.2, 0) is 0 Å². The number of allylic oxidation sites excluding steroid dienone is 2. The summed E-state index contributed by atoms with van der Waals surface area (Å²) in [6.07, 6.45) is 9.98. The van der Waals surface area contributed by atoms with E-state index in [2.05, 4.69) is 215 Å². The molecule has 12 aromatic rings. The van der Waals surface area contributed by atoms with Crippen molar-refractivity contribution in [2.45, 2.75) is 20.3 Å². The van der Waals surface area contributed by atoms with Crippen LogP contribution in [0.2, 0.25) is 0 Å². The van der Waals surface area contributed by atoms with E-state index in [1.807, 2.05) is 25.2 Å². The Morgan fingerprint density at radius 1 is 0.453 bits per heavy atom. The smallest absolute Gasteiger partial charge is 0.235 e. The first-order valence-corrected chi connectivity index (χ1v) is 23.0. The summed E-state index contributed by atoms with van der Waals surface area (Å²) < 4.78 is 7.33. The Morgan fingerprint density at radius 2 is 1.14 bits per heavy atom. The van der Waals surface area contributed by atoms with Crippen LogP contribution in [0.15, 0.2) is 194 Å². The fraction of sp³-hybridized carbons (Fsp3) is 0.0508. The number of para-hydroxylation sites is 3. The fourth-order valence-electron chi connectivity index (χ4n) is 9.74. The third-order valence-corrected chi connectivity index (χ3v) is 13.7. The molecular weight excluding hydrogens is 797 g/mol. The second-order valence-electron chi connectivity index (χ2n) is 16.1. The van der Waals surface area contributed by atoms with Gasteiger partial charge in [0.05, 0.1) is 33.5 Å². The van der Waals surface area contributed by atoms with Crippen LogP contribution in [0, 0.1) is 0 Å². The molecule has 0 aliphatic heterocycles. The molecule has 8 aromatic carbocycles. The van der Waals surface area contributed by atoms with Gasteiger partial charge in [-0.25, -0.2) is 9.97 Å². The summed E-state index contributed by atoms with van der Waals surface area (Å²) in [6, 6.07) is 65.8. The van der Waals surface area contributed by atoms with Gasteiger partial charge in [-0.05, 0) is 77.7 Å². The minimum Gasteiger partial charge on any atom is -0.309 e. The Balaban J connectivity index is 0.00000214. The average molecular weight is 839 g/mol. The largest absolute Gasteiger partial charge is 0.309 e. The molecule has 1 aliphatic rings. The Labute approximate surface area is 375 Å². The van der Waals surface area contributed by atoms with Gasteiger partial charge in [-0.3, -0.25) is 4.57 Å². The normalized spacial score (nSPS) is 12.3. The maximum atomic E-state index is 5.47. The molecule has 64 heavy (non-hydrogen) atoms. The highest BCUT2D eigenvalue weighted by Crippen LogP contribution is 2.42. The molecule has 5 heteroatoms. The quantitative estimate of drug-likeness (QED) is 0.173. The molecule has 0 atom stereocenters. The molecule has 0 saturated carbocycles. The molecule has 304 valence electrons. The van der Waals surface area contributed by atoms with Crippen LogP contribution in [0.25, 0.3) is 121 Å². The molecule has 0 spiro atoms. The molecule has 0 bridgehead atoms. The van der Waals surface area contributed by atoms with Crippen molar-refractivity contribution in [1.82, 2.24) is 19.1 Å². The van der Waals surface area contributed by atoms with E-state index < -0.39 is 0 Å². The Hall–Kier alpha value is -7.86. The molecule has 0 N–H and O–H groups in total. The second kappa shape index (κ2) is 15.5. The highest BCUT2D eigenvalue weighted by atomic mass is 32.1. The van der Waals surface area contributed by atoms with Crippen LogP contribution in [0.1, 0.15) is 31.5 Å². The van der Waals surface area contributed by atoms with Gasteiger partial charge in [0.2, 0.25) is 5.95 Å². The molecule has 0 fully saturated rings. The van der Waals surface area contributed by atoms with E-state index in [1.165, 1.54) is 53.5 Å². The Bertz CT molecular complexity index is 3840. The molecule has 4 nitrogen and oxygen atoms in total. The number of fused-ring (bicyclic) bond motifs is 10. The maximum absolute atomic E-state index is 5.47. The van der Waals surface area contributed by atoms with Gasteiger partial charge in [-0.1, -0.05) is 166 Å². The molecular formula is C59H42N4S. The molecule has 0 unspecified atom stereocenters. The predicted octanol–water partition coefficient (Wildman–Crippen LogP) is 16.5. The SMILES string of the molecule is C1=Cc2c(n(-c3ccc4c(c3)c3cccc(-c5cccc(-c6ccc7c(c6)sc6ccccc67)c5)c3n4-c3nc(-c4ccccc4)c4ccccc4n3)c3ccccc23)C=CC1.CC. The zero-order valence-electron chi connectivity index (χ0n) is 35.5. The molecule has 4 heterocycles. The van der Waals surface area contributed by atoms with Gasteiger partial charge in [0.1, 0.15) is 0 Å². The summed E-state index contributed by atoms with van der Waals surface area (Å²) in [5, 5.41) is 7.18. The number of aromatic nitrogens is 4. The van der Waals surface area contributed by atoms with E-state index in [0.717, 1.165) is 67.2 Å². The Morgan fingerprint density at radius 3 is 2.05 bits per heavy atom. The van der Waals surface area contributed by atoms with Crippen LogP contribution in [0.3, 0.4) is 0 Å². The van der Waals surface area contributed by atoms with Crippen molar-refractivity contribution in [1.29, 1.82) is 0 Å². The molecule has 0 amide bonds. The van der Waals surface area contributed by atoms with Crippen molar-refractivity contribution in [2.24, 2.45) is 0 Å². The zero-order valence-corrected chi connectivity index (χ0v) is 36.4. The van der Waals surface area contributed by atoms with E-state index in [0.29, 0.717) is 5.95 Å². The first kappa shape index (κ1) is 37.9. The first-order valence-electron chi connectivity index (χ1n) is 22.1. The van der Waals surface area contributed by atoms with E-state index >= 15 is 0 Å². The maximum Gasteiger partial charge on any atom is 0.235 e. The van der Waals surface area contributed by atoms with Crippen molar-refractivity contribution in [2.75, 3.05) is 0 Å². The highest BCUT2D eigenvalue weighted by Gasteiger charge is 2.23. The molecule has 0 saturated heterocycles. The zero-order chi connectivity index (χ0) is 42.7. The van der Waals surface area contributed by atoms with Crippen molar-refractivity contribution in [3.05, 3.63) is 205 Å². The van der Waals surface area contributed by atoms with Gasteiger partial charge in [-0.2, -0.15) is 0 Å². The molecule has 1 aliphatic carbocycles. The third kappa shape index (κ3) is 6.04. The number of thiophene rings is 1. The number of hydrogen-bond donors (Lipinski definition) is 0. The monoisotopic (exact) mass is 838 g/mol. The van der Waals surface area contributed by atoms with E-state index in [1.54, 1.807) is 0 Å². The average Bonchev–Trinajstić information content (AvgIpc) is 3.94. The van der Waals surface area contributed by atoms with E-state index in [-0.39, 0.29) is 0 Å².